The second-order valence-electron chi connectivity index (χ2n) is 5.13. The number of hydrogen-bond acceptors (Lipinski definition) is 4. The Morgan fingerprint density at radius 1 is 1.50 bits per heavy atom. The molecule has 0 saturated carbocycles. The highest BCUT2D eigenvalue weighted by Crippen LogP contribution is 2.21. The fraction of sp³-hybridized carbons (Fsp3) is 0.533. The first-order valence-corrected chi connectivity index (χ1v) is 8.08. The van der Waals surface area contributed by atoms with E-state index in [0.717, 1.165) is 29.8 Å². The van der Waals surface area contributed by atoms with Crippen LogP contribution in [0.15, 0.2) is 29.2 Å². The summed E-state index contributed by atoms with van der Waals surface area (Å²) in [6, 6.07) is 7.69. The van der Waals surface area contributed by atoms with Crippen LogP contribution in [0.25, 0.3) is 0 Å². The number of methoxy groups -OCH3 is 1. The molecule has 1 saturated heterocycles. The number of nitrogens with one attached hydrogen (secondary N) is 2. The molecule has 1 aliphatic heterocycles. The number of carbonyl (C=O) groups excluding carboxylic acids is 1. The third kappa shape index (κ3) is 3.53. The largest absolute Gasteiger partial charge is 0.383 e. The van der Waals surface area contributed by atoms with Gasteiger partial charge in [0.25, 0.3) is 5.91 Å². The quantitative estimate of drug-likeness (QED) is 0.787. The Labute approximate surface area is 124 Å². The second-order valence-corrected chi connectivity index (χ2v) is 5.97. The Morgan fingerprint density at radius 2 is 2.30 bits per heavy atom. The zero-order chi connectivity index (χ0) is 14.4. The van der Waals surface area contributed by atoms with Crippen LogP contribution in [0.2, 0.25) is 0 Å². The third-order valence-corrected chi connectivity index (χ3v) is 4.49. The maximum atomic E-state index is 12.3. The van der Waals surface area contributed by atoms with Crippen molar-refractivity contribution in [1.82, 2.24) is 10.6 Å². The Morgan fingerprint density at radius 3 is 2.95 bits per heavy atom. The maximum Gasteiger partial charge on any atom is 0.252 e. The molecule has 0 bridgehead atoms. The van der Waals surface area contributed by atoms with Gasteiger partial charge in [0.1, 0.15) is 0 Å². The third-order valence-electron chi connectivity index (χ3n) is 3.69. The number of thioether (sulfide) groups is 1. The van der Waals surface area contributed by atoms with Gasteiger partial charge in [-0.3, -0.25) is 4.79 Å². The molecule has 1 fully saturated rings. The molecular weight excluding hydrogens is 272 g/mol. The minimum atomic E-state index is -0.112. The van der Waals surface area contributed by atoms with Gasteiger partial charge in [0.2, 0.25) is 0 Å². The molecule has 5 heteroatoms. The van der Waals surface area contributed by atoms with Gasteiger partial charge in [-0.2, -0.15) is 0 Å². The average molecular weight is 294 g/mol. The Hall–Kier alpha value is -1.04. The van der Waals surface area contributed by atoms with Crippen molar-refractivity contribution in [3.05, 3.63) is 29.8 Å². The van der Waals surface area contributed by atoms with E-state index in [1.165, 1.54) is 0 Å². The molecule has 0 aliphatic carbocycles. The van der Waals surface area contributed by atoms with E-state index in [0.29, 0.717) is 13.2 Å². The Kier molecular flexibility index (Phi) is 5.46. The molecule has 20 heavy (non-hydrogen) atoms. The van der Waals surface area contributed by atoms with Gasteiger partial charge in [-0.15, -0.1) is 11.8 Å². The molecule has 1 aromatic rings. The molecule has 1 atom stereocenters. The fourth-order valence-corrected chi connectivity index (χ4v) is 3.24. The van der Waals surface area contributed by atoms with Gasteiger partial charge in [0.05, 0.1) is 17.7 Å². The zero-order valence-corrected chi connectivity index (χ0v) is 12.9. The molecule has 1 unspecified atom stereocenters. The molecule has 1 aliphatic rings. The van der Waals surface area contributed by atoms with E-state index >= 15 is 0 Å². The molecule has 2 N–H and O–H groups in total. The van der Waals surface area contributed by atoms with E-state index in [-0.39, 0.29) is 11.4 Å². The number of ether oxygens (including phenoxy) is 1. The summed E-state index contributed by atoms with van der Waals surface area (Å²) >= 11 is 1.59. The molecular formula is C15H22N2O2S. The lowest BCUT2D eigenvalue weighted by atomic mass is 9.98. The number of amides is 1. The molecule has 0 aromatic heterocycles. The number of rotatable bonds is 6. The van der Waals surface area contributed by atoms with Crippen molar-refractivity contribution in [2.24, 2.45) is 0 Å². The van der Waals surface area contributed by atoms with Crippen LogP contribution in [-0.2, 0) is 4.74 Å². The van der Waals surface area contributed by atoms with Gasteiger partial charge in [-0.05, 0) is 37.8 Å². The second kappa shape index (κ2) is 7.11. The van der Waals surface area contributed by atoms with Gasteiger partial charge in [-0.1, -0.05) is 12.1 Å². The normalized spacial score (nSPS) is 21.9. The summed E-state index contributed by atoms with van der Waals surface area (Å²) < 4.78 is 5.29. The molecule has 110 valence electrons. The van der Waals surface area contributed by atoms with Gasteiger partial charge in [-0.25, -0.2) is 0 Å². The van der Waals surface area contributed by atoms with E-state index in [2.05, 4.69) is 10.6 Å². The number of carbonyl (C=O) groups is 1. The summed E-state index contributed by atoms with van der Waals surface area (Å²) in [6.45, 7) is 2.21. The van der Waals surface area contributed by atoms with Crippen molar-refractivity contribution >= 4 is 17.7 Å². The predicted molar refractivity (Wildman–Crippen MR) is 82.4 cm³/mol. The van der Waals surface area contributed by atoms with E-state index < -0.39 is 0 Å². The Bertz CT molecular complexity index is 459. The lowest BCUT2D eigenvalue weighted by Crippen LogP contribution is -2.53. The standard InChI is InChI=1S/C15H22N2O2S/c1-19-11-15(8-5-9-17-15)10-16-14(18)12-6-3-4-7-13(12)20-2/h3-4,6-7,17H,5,8-11H2,1-2H3,(H,16,18). The van der Waals surface area contributed by atoms with Gasteiger partial charge >= 0.3 is 0 Å². The summed E-state index contributed by atoms with van der Waals surface area (Å²) in [4.78, 5) is 13.3. The fourth-order valence-electron chi connectivity index (χ4n) is 2.65. The summed E-state index contributed by atoms with van der Waals surface area (Å²) in [7, 11) is 1.70. The minimum absolute atomic E-state index is 0.0147. The lowest BCUT2D eigenvalue weighted by Gasteiger charge is -2.29. The summed E-state index contributed by atoms with van der Waals surface area (Å²) in [5.74, 6) is -0.0147. The van der Waals surface area contributed by atoms with Crippen LogP contribution in [0, 0.1) is 0 Å². The highest BCUT2D eigenvalue weighted by Gasteiger charge is 2.33. The molecule has 0 radical (unpaired) electrons. The number of hydrogen-bond donors (Lipinski definition) is 2. The molecule has 4 nitrogen and oxygen atoms in total. The van der Waals surface area contributed by atoms with Gasteiger partial charge in [0, 0.05) is 18.6 Å². The van der Waals surface area contributed by atoms with E-state index in [1.54, 1.807) is 18.9 Å². The first kappa shape index (κ1) is 15.4. The summed E-state index contributed by atoms with van der Waals surface area (Å²) in [5, 5.41) is 6.51. The highest BCUT2D eigenvalue weighted by molar-refractivity contribution is 7.98. The zero-order valence-electron chi connectivity index (χ0n) is 12.1. The molecule has 1 amide bonds. The molecule has 2 rings (SSSR count). The van der Waals surface area contributed by atoms with Crippen LogP contribution in [0.4, 0.5) is 0 Å². The van der Waals surface area contributed by atoms with Crippen molar-refractivity contribution in [2.75, 3.05) is 33.1 Å². The summed E-state index contributed by atoms with van der Waals surface area (Å²) in [5.41, 5.74) is 0.629. The van der Waals surface area contributed by atoms with Crippen LogP contribution < -0.4 is 10.6 Å². The average Bonchev–Trinajstić information content (AvgIpc) is 2.94. The van der Waals surface area contributed by atoms with E-state index in [1.807, 2.05) is 30.5 Å². The topological polar surface area (TPSA) is 50.4 Å². The lowest BCUT2D eigenvalue weighted by molar-refractivity contribution is 0.0889. The minimum Gasteiger partial charge on any atom is -0.383 e. The first-order valence-electron chi connectivity index (χ1n) is 6.86. The van der Waals surface area contributed by atoms with Crippen molar-refractivity contribution in [2.45, 2.75) is 23.3 Å². The van der Waals surface area contributed by atoms with Crippen molar-refractivity contribution in [3.8, 4) is 0 Å². The number of benzene rings is 1. The summed E-state index contributed by atoms with van der Waals surface area (Å²) in [6.07, 6.45) is 4.14. The van der Waals surface area contributed by atoms with Crippen LogP contribution in [0.1, 0.15) is 23.2 Å². The van der Waals surface area contributed by atoms with Crippen LogP contribution in [0.5, 0.6) is 0 Å². The SMILES string of the molecule is COCC1(CNC(=O)c2ccccc2SC)CCCN1. The monoisotopic (exact) mass is 294 g/mol. The molecule has 1 aromatic carbocycles. The first-order chi connectivity index (χ1) is 9.71. The van der Waals surface area contributed by atoms with Crippen molar-refractivity contribution in [3.63, 3.8) is 0 Å². The maximum absolute atomic E-state index is 12.3. The predicted octanol–water partition coefficient (Wildman–Crippen LogP) is 1.91. The van der Waals surface area contributed by atoms with Gasteiger partial charge < -0.3 is 15.4 Å². The smallest absolute Gasteiger partial charge is 0.252 e. The highest BCUT2D eigenvalue weighted by atomic mass is 32.2. The molecule has 0 spiro atoms. The van der Waals surface area contributed by atoms with Crippen LogP contribution >= 0.6 is 11.8 Å². The van der Waals surface area contributed by atoms with Crippen LogP contribution in [0.3, 0.4) is 0 Å². The van der Waals surface area contributed by atoms with Crippen molar-refractivity contribution in [1.29, 1.82) is 0 Å². The van der Waals surface area contributed by atoms with Crippen LogP contribution in [-0.4, -0.2) is 44.5 Å². The van der Waals surface area contributed by atoms with E-state index in [4.69, 9.17) is 4.74 Å². The van der Waals surface area contributed by atoms with E-state index in [9.17, 15) is 4.79 Å². The van der Waals surface area contributed by atoms with Gasteiger partial charge in [0.15, 0.2) is 0 Å². The Balaban J connectivity index is 2.00. The van der Waals surface area contributed by atoms with Crippen molar-refractivity contribution < 1.29 is 9.53 Å². The molecule has 1 heterocycles.